The topological polar surface area (TPSA) is 0 Å². The van der Waals surface area contributed by atoms with Crippen LogP contribution in [0.2, 0.25) is 0 Å². The third-order valence-electron chi connectivity index (χ3n) is 0.577. The van der Waals surface area contributed by atoms with Crippen molar-refractivity contribution < 1.29 is 0 Å². The van der Waals surface area contributed by atoms with E-state index >= 15 is 0 Å². The van der Waals surface area contributed by atoms with Crippen molar-refractivity contribution >= 4 is 0 Å². The predicted octanol–water partition coefficient (Wildman–Crippen LogP) is 2.01. The molecule has 0 aromatic rings. The van der Waals surface area contributed by atoms with Gasteiger partial charge in [0.2, 0.25) is 0 Å². The summed E-state index contributed by atoms with van der Waals surface area (Å²) in [4.78, 5) is 0. The Morgan fingerprint density at radius 1 is 1.20 bits per heavy atom. The van der Waals surface area contributed by atoms with Crippen molar-refractivity contribution in [3.05, 3.63) is 6.42 Å². The summed E-state index contributed by atoms with van der Waals surface area (Å²) < 4.78 is 0. The van der Waals surface area contributed by atoms with Crippen LogP contribution in [0.1, 0.15) is 26.7 Å². The maximum absolute atomic E-state index is 2.25. The average molecular weight is 71.1 g/mol. The first-order chi connectivity index (χ1) is 2.41. The van der Waals surface area contributed by atoms with Crippen molar-refractivity contribution in [2.24, 2.45) is 0 Å². The van der Waals surface area contributed by atoms with Gasteiger partial charge in [0.1, 0.15) is 0 Å². The van der Waals surface area contributed by atoms with Gasteiger partial charge in [0.15, 0.2) is 0 Å². The molecule has 0 rings (SSSR count). The van der Waals surface area contributed by atoms with Crippen molar-refractivity contribution in [2.75, 3.05) is 0 Å². The van der Waals surface area contributed by atoms with Crippen LogP contribution in [0, 0.1) is 6.42 Å². The second-order valence-electron chi connectivity index (χ2n) is 1.11. The van der Waals surface area contributed by atoms with E-state index in [1.165, 1.54) is 12.8 Å². The molecule has 0 heterocycles. The van der Waals surface area contributed by atoms with Crippen molar-refractivity contribution in [2.45, 2.75) is 26.7 Å². The molecule has 0 amide bonds. The zero-order valence-electron chi connectivity index (χ0n) is 3.99. The van der Waals surface area contributed by atoms with E-state index in [1.807, 2.05) is 0 Å². The molecule has 31 valence electrons. The van der Waals surface area contributed by atoms with Gasteiger partial charge in [-0.05, 0) is 6.42 Å². The van der Waals surface area contributed by atoms with Crippen molar-refractivity contribution in [1.29, 1.82) is 0 Å². The summed E-state index contributed by atoms with van der Waals surface area (Å²) in [5.41, 5.74) is 0. The molecule has 1 radical (unpaired) electrons. The summed E-state index contributed by atoms with van der Waals surface area (Å²) in [6, 6.07) is 0. The molecule has 0 spiro atoms. The SMILES string of the molecule is CC[CH]CC. The summed E-state index contributed by atoms with van der Waals surface area (Å²) in [6.07, 6.45) is 4.69. The van der Waals surface area contributed by atoms with Gasteiger partial charge >= 0.3 is 0 Å². The van der Waals surface area contributed by atoms with E-state index in [4.69, 9.17) is 0 Å². The van der Waals surface area contributed by atoms with Crippen LogP contribution >= 0.6 is 0 Å². The highest BCUT2D eigenvalue weighted by Crippen LogP contribution is 1.86. The molecule has 0 aromatic carbocycles. The van der Waals surface area contributed by atoms with Crippen LogP contribution < -0.4 is 0 Å². The molecule has 0 aliphatic rings. The average Bonchev–Trinajstić information content (AvgIpc) is 1.41. The monoisotopic (exact) mass is 71.1 g/mol. The number of rotatable bonds is 2. The maximum atomic E-state index is 2.25. The molecular weight excluding hydrogens is 60.1 g/mol. The molecule has 0 aliphatic heterocycles. The Kier molecular flexibility index (Phi) is 4.00. The molecule has 0 nitrogen and oxygen atoms in total. The van der Waals surface area contributed by atoms with Gasteiger partial charge in [-0.1, -0.05) is 26.7 Å². The number of unbranched alkanes of at least 4 members (excludes halogenated alkanes) is 2. The first kappa shape index (κ1) is 5.00. The van der Waals surface area contributed by atoms with E-state index in [-0.39, 0.29) is 0 Å². The number of hydrogen-bond acceptors (Lipinski definition) is 0. The van der Waals surface area contributed by atoms with Crippen LogP contribution in [-0.2, 0) is 0 Å². The highest BCUT2D eigenvalue weighted by Gasteiger charge is 1.68. The van der Waals surface area contributed by atoms with E-state index < -0.39 is 0 Å². The summed E-state index contributed by atoms with van der Waals surface area (Å²) in [6.45, 7) is 4.31. The van der Waals surface area contributed by atoms with Crippen LogP contribution in [0.15, 0.2) is 0 Å². The Bertz CT molecular complexity index is 7.51. The molecule has 0 unspecified atom stereocenters. The highest BCUT2D eigenvalue weighted by molar-refractivity contribution is 4.54. The van der Waals surface area contributed by atoms with Crippen LogP contribution in [-0.4, -0.2) is 0 Å². The molecule has 0 aliphatic carbocycles. The van der Waals surface area contributed by atoms with E-state index in [9.17, 15) is 0 Å². The highest BCUT2D eigenvalue weighted by atomic mass is 13.7. The van der Waals surface area contributed by atoms with Crippen LogP contribution in [0.4, 0.5) is 0 Å². The third-order valence-corrected chi connectivity index (χ3v) is 0.577. The Hall–Kier alpha value is 0. The maximum Gasteiger partial charge on any atom is -0.0391 e. The van der Waals surface area contributed by atoms with E-state index in [0.29, 0.717) is 0 Å². The molecule has 0 saturated carbocycles. The van der Waals surface area contributed by atoms with Gasteiger partial charge in [0.25, 0.3) is 0 Å². The van der Waals surface area contributed by atoms with Gasteiger partial charge in [0.05, 0.1) is 0 Å². The number of hydrogen-bond donors (Lipinski definition) is 0. The second-order valence-corrected chi connectivity index (χ2v) is 1.11. The normalized spacial score (nSPS) is 8.40. The molecule has 0 heteroatoms. The molecular formula is C5H11. The van der Waals surface area contributed by atoms with Crippen molar-refractivity contribution in [3.63, 3.8) is 0 Å². The van der Waals surface area contributed by atoms with Gasteiger partial charge in [0, 0.05) is 0 Å². The molecule has 0 N–H and O–H groups in total. The Morgan fingerprint density at radius 3 is 1.60 bits per heavy atom. The lowest BCUT2D eigenvalue weighted by Crippen LogP contribution is -1.61. The standard InChI is InChI=1S/C5H11/c1-3-5-4-2/h5H,3-4H2,1-2H3. The fourth-order valence-electron chi connectivity index (χ4n) is 0.289. The minimum Gasteiger partial charge on any atom is -0.0651 e. The van der Waals surface area contributed by atoms with Gasteiger partial charge in [-0.2, -0.15) is 0 Å². The van der Waals surface area contributed by atoms with Crippen molar-refractivity contribution in [1.82, 2.24) is 0 Å². The van der Waals surface area contributed by atoms with Crippen molar-refractivity contribution in [3.8, 4) is 0 Å². The lowest BCUT2D eigenvalue weighted by Gasteiger charge is -1.78. The predicted molar refractivity (Wildman–Crippen MR) is 24.9 cm³/mol. The van der Waals surface area contributed by atoms with Gasteiger partial charge in [-0.3, -0.25) is 0 Å². The smallest absolute Gasteiger partial charge is 0.0391 e. The van der Waals surface area contributed by atoms with E-state index in [2.05, 4.69) is 20.3 Å². The molecule has 0 saturated heterocycles. The zero-order valence-corrected chi connectivity index (χ0v) is 3.99. The summed E-state index contributed by atoms with van der Waals surface area (Å²) >= 11 is 0. The van der Waals surface area contributed by atoms with Crippen LogP contribution in [0.5, 0.6) is 0 Å². The van der Waals surface area contributed by atoms with Gasteiger partial charge in [-0.25, -0.2) is 0 Å². The van der Waals surface area contributed by atoms with Crippen LogP contribution in [0.25, 0.3) is 0 Å². The fraction of sp³-hybridized carbons (Fsp3) is 0.800. The zero-order chi connectivity index (χ0) is 4.12. The van der Waals surface area contributed by atoms with Gasteiger partial charge < -0.3 is 0 Å². The Morgan fingerprint density at radius 2 is 1.60 bits per heavy atom. The molecule has 0 atom stereocenters. The first-order valence-electron chi connectivity index (χ1n) is 2.23. The molecule has 5 heavy (non-hydrogen) atoms. The summed E-state index contributed by atoms with van der Waals surface area (Å²) in [5, 5.41) is 0. The van der Waals surface area contributed by atoms with Gasteiger partial charge in [-0.15, -0.1) is 0 Å². The first-order valence-corrected chi connectivity index (χ1v) is 2.23. The fourth-order valence-corrected chi connectivity index (χ4v) is 0.289. The Balaban J connectivity index is 2.19. The second kappa shape index (κ2) is 4.00. The molecule has 0 fully saturated rings. The Labute approximate surface area is 34.2 Å². The molecule has 0 bridgehead atoms. The van der Waals surface area contributed by atoms with E-state index in [0.717, 1.165) is 0 Å². The summed E-state index contributed by atoms with van der Waals surface area (Å²) in [5.74, 6) is 0. The quantitative estimate of drug-likeness (QED) is 0.467. The minimum absolute atomic E-state index is 1.22. The molecule has 0 aromatic heterocycles. The minimum atomic E-state index is 1.22. The lowest BCUT2D eigenvalue weighted by molar-refractivity contribution is 0.971. The van der Waals surface area contributed by atoms with E-state index in [1.54, 1.807) is 0 Å². The summed E-state index contributed by atoms with van der Waals surface area (Å²) in [7, 11) is 0. The third kappa shape index (κ3) is 4.00. The largest absolute Gasteiger partial charge is 0.0651 e. The van der Waals surface area contributed by atoms with Crippen LogP contribution in [0.3, 0.4) is 0 Å². The lowest BCUT2D eigenvalue weighted by atomic mass is 10.3.